The van der Waals surface area contributed by atoms with Crippen molar-refractivity contribution in [2.45, 2.75) is 25.4 Å². The topological polar surface area (TPSA) is 46.6 Å². The molecule has 2 heterocycles. The summed E-state index contributed by atoms with van der Waals surface area (Å²) in [4.78, 5) is 26.9. The van der Waals surface area contributed by atoms with E-state index in [9.17, 15) is 9.59 Å². The normalized spacial score (nSPS) is 51.6. The second-order valence-corrected chi connectivity index (χ2v) is 7.08. The molecule has 4 heteroatoms. The third kappa shape index (κ3) is 1.31. The molecule has 0 spiro atoms. The quantitative estimate of drug-likeness (QED) is 0.561. The van der Waals surface area contributed by atoms with E-state index in [0.29, 0.717) is 30.2 Å². The van der Waals surface area contributed by atoms with E-state index in [1.165, 1.54) is 11.3 Å². The lowest BCUT2D eigenvalue weighted by atomic mass is 9.63. The molecule has 0 N–H and O–H groups in total. The molecule has 6 rings (SSSR count). The molecule has 6 aliphatic rings. The number of hydrogen-bond acceptors (Lipinski definition) is 3. The number of allylic oxidation sites excluding steroid dienone is 2. The van der Waals surface area contributed by atoms with Crippen molar-refractivity contribution in [2.24, 2.45) is 35.5 Å². The van der Waals surface area contributed by atoms with Gasteiger partial charge in [-0.3, -0.25) is 14.5 Å². The highest BCUT2D eigenvalue weighted by molar-refractivity contribution is 6.06. The van der Waals surface area contributed by atoms with Crippen LogP contribution in [0.4, 0.5) is 0 Å². The molecule has 20 heavy (non-hydrogen) atoms. The van der Waals surface area contributed by atoms with E-state index in [4.69, 9.17) is 4.74 Å². The molecule has 4 fully saturated rings. The van der Waals surface area contributed by atoms with E-state index in [0.717, 1.165) is 19.4 Å². The van der Waals surface area contributed by atoms with Gasteiger partial charge in [0.1, 0.15) is 0 Å². The van der Waals surface area contributed by atoms with Crippen LogP contribution in [0.1, 0.15) is 19.3 Å². The van der Waals surface area contributed by atoms with Crippen molar-refractivity contribution < 1.29 is 14.3 Å². The first-order chi connectivity index (χ1) is 9.75. The molecule has 2 bridgehead atoms. The molecule has 4 aliphatic carbocycles. The molecule has 0 aromatic heterocycles. The van der Waals surface area contributed by atoms with Gasteiger partial charge in [-0.15, -0.1) is 0 Å². The summed E-state index contributed by atoms with van der Waals surface area (Å²) in [5, 5.41) is 0. The van der Waals surface area contributed by atoms with E-state index >= 15 is 0 Å². The molecule has 2 aliphatic heterocycles. The number of ether oxygens (including phenoxy) is 1. The minimum Gasteiger partial charge on any atom is -0.376 e. The number of imide groups is 1. The van der Waals surface area contributed by atoms with E-state index in [-0.39, 0.29) is 29.8 Å². The molecule has 2 saturated heterocycles. The third-order valence-corrected chi connectivity index (χ3v) is 6.16. The predicted octanol–water partition coefficient (Wildman–Crippen LogP) is 1.22. The SMILES string of the molecule is O=C1[C@H]2[C@@H]3C=C[C@H]([C@H]4C[C@H]34)[C@@H]2C(=O)N1C[C@@H]1CCCO1. The zero-order valence-corrected chi connectivity index (χ0v) is 11.4. The zero-order chi connectivity index (χ0) is 13.4. The van der Waals surface area contributed by atoms with Crippen LogP contribution in [0, 0.1) is 35.5 Å². The Kier molecular flexibility index (Phi) is 2.14. The van der Waals surface area contributed by atoms with Crippen LogP contribution in [0.5, 0.6) is 0 Å². The number of rotatable bonds is 2. The molecular formula is C16H19NO3. The van der Waals surface area contributed by atoms with Crippen LogP contribution in [0.15, 0.2) is 12.2 Å². The van der Waals surface area contributed by atoms with Gasteiger partial charge in [0, 0.05) is 6.61 Å². The first kappa shape index (κ1) is 11.5. The predicted molar refractivity (Wildman–Crippen MR) is 70.4 cm³/mol. The monoisotopic (exact) mass is 273 g/mol. The van der Waals surface area contributed by atoms with Crippen LogP contribution in [0.3, 0.4) is 0 Å². The van der Waals surface area contributed by atoms with Crippen molar-refractivity contribution in [3.05, 3.63) is 12.2 Å². The molecule has 0 aromatic rings. The zero-order valence-electron chi connectivity index (χ0n) is 11.4. The Balaban J connectivity index is 1.44. The van der Waals surface area contributed by atoms with Crippen LogP contribution in [0.2, 0.25) is 0 Å². The second-order valence-electron chi connectivity index (χ2n) is 7.08. The molecule has 2 saturated carbocycles. The van der Waals surface area contributed by atoms with E-state index < -0.39 is 0 Å². The standard InChI is InChI=1S/C16H19NO3/c18-15-13-9-3-4-10(12-6-11(9)12)14(13)16(19)17(15)7-8-2-1-5-20-8/h3-4,8-14H,1-2,5-7H2/t8-,9+,10+,11+,12+,13-,14-/m0/s1. The van der Waals surface area contributed by atoms with Gasteiger partial charge >= 0.3 is 0 Å². The van der Waals surface area contributed by atoms with Gasteiger partial charge in [-0.1, -0.05) is 12.2 Å². The van der Waals surface area contributed by atoms with Gasteiger partial charge in [-0.25, -0.2) is 0 Å². The summed E-state index contributed by atoms with van der Waals surface area (Å²) in [5.41, 5.74) is 0. The summed E-state index contributed by atoms with van der Waals surface area (Å²) >= 11 is 0. The summed E-state index contributed by atoms with van der Waals surface area (Å²) < 4.78 is 5.60. The maximum absolute atomic E-state index is 12.7. The van der Waals surface area contributed by atoms with E-state index in [1.54, 1.807) is 0 Å². The summed E-state index contributed by atoms with van der Waals surface area (Å²) in [6.07, 6.45) is 7.76. The largest absolute Gasteiger partial charge is 0.376 e. The van der Waals surface area contributed by atoms with Gasteiger partial charge in [0.05, 0.1) is 24.5 Å². The van der Waals surface area contributed by atoms with Gasteiger partial charge in [-0.2, -0.15) is 0 Å². The summed E-state index contributed by atoms with van der Waals surface area (Å²) in [5.74, 6) is 2.10. The fourth-order valence-electron chi connectivity index (χ4n) is 5.19. The second kappa shape index (κ2) is 3.73. The van der Waals surface area contributed by atoms with Gasteiger partial charge in [-0.05, 0) is 42.9 Å². The Hall–Kier alpha value is -1.16. The Labute approximate surface area is 118 Å². The average Bonchev–Trinajstić information content (AvgIpc) is 3.08. The molecule has 4 nitrogen and oxygen atoms in total. The van der Waals surface area contributed by atoms with Gasteiger partial charge in [0.2, 0.25) is 11.8 Å². The number of carbonyl (C=O) groups excluding carboxylic acids is 2. The van der Waals surface area contributed by atoms with Crippen molar-refractivity contribution in [3.8, 4) is 0 Å². The van der Waals surface area contributed by atoms with Gasteiger partial charge in [0.25, 0.3) is 0 Å². The first-order valence-corrected chi connectivity index (χ1v) is 7.91. The van der Waals surface area contributed by atoms with Crippen molar-refractivity contribution >= 4 is 11.8 Å². The first-order valence-electron chi connectivity index (χ1n) is 7.91. The highest BCUT2D eigenvalue weighted by Gasteiger charge is 2.67. The van der Waals surface area contributed by atoms with Crippen molar-refractivity contribution in [3.63, 3.8) is 0 Å². The molecule has 0 unspecified atom stereocenters. The van der Waals surface area contributed by atoms with Gasteiger partial charge < -0.3 is 4.74 Å². The van der Waals surface area contributed by atoms with E-state index in [1.807, 2.05) is 0 Å². The van der Waals surface area contributed by atoms with Crippen LogP contribution in [-0.2, 0) is 14.3 Å². The lowest BCUT2D eigenvalue weighted by Crippen LogP contribution is -2.40. The Morgan fingerprint density at radius 1 is 1.10 bits per heavy atom. The highest BCUT2D eigenvalue weighted by atomic mass is 16.5. The highest BCUT2D eigenvalue weighted by Crippen LogP contribution is 2.65. The van der Waals surface area contributed by atoms with Crippen molar-refractivity contribution in [2.75, 3.05) is 13.2 Å². The molecule has 106 valence electrons. The third-order valence-electron chi connectivity index (χ3n) is 6.16. The minimum atomic E-state index is -0.0531. The van der Waals surface area contributed by atoms with Gasteiger partial charge in [0.15, 0.2) is 0 Å². The molecule has 2 amide bonds. The molecular weight excluding hydrogens is 254 g/mol. The van der Waals surface area contributed by atoms with Crippen LogP contribution in [-0.4, -0.2) is 36.0 Å². The smallest absolute Gasteiger partial charge is 0.233 e. The van der Waals surface area contributed by atoms with Crippen LogP contribution < -0.4 is 0 Å². The minimum absolute atomic E-state index is 0.0531. The number of likely N-dealkylation sites (tertiary alicyclic amines) is 1. The summed E-state index contributed by atoms with van der Waals surface area (Å²) in [7, 11) is 0. The molecule has 0 aromatic carbocycles. The van der Waals surface area contributed by atoms with Crippen LogP contribution >= 0.6 is 0 Å². The lowest BCUT2D eigenvalue weighted by molar-refractivity contribution is -0.142. The van der Waals surface area contributed by atoms with E-state index in [2.05, 4.69) is 12.2 Å². The fourth-order valence-corrected chi connectivity index (χ4v) is 5.19. The molecule has 0 radical (unpaired) electrons. The maximum atomic E-state index is 12.7. The Morgan fingerprint density at radius 2 is 1.75 bits per heavy atom. The average molecular weight is 273 g/mol. The number of nitrogens with zero attached hydrogens (tertiary/aromatic N) is 1. The number of amides is 2. The lowest BCUT2D eigenvalue weighted by Gasteiger charge is -2.37. The summed E-state index contributed by atoms with van der Waals surface area (Å²) in [6, 6.07) is 0. The fraction of sp³-hybridized carbons (Fsp3) is 0.750. The number of carbonyl (C=O) groups is 2. The van der Waals surface area contributed by atoms with Crippen LogP contribution in [0.25, 0.3) is 0 Å². The van der Waals surface area contributed by atoms with Crippen molar-refractivity contribution in [1.29, 1.82) is 0 Å². The van der Waals surface area contributed by atoms with Crippen molar-refractivity contribution in [1.82, 2.24) is 4.90 Å². The molecule has 7 atom stereocenters. The Bertz CT molecular complexity index is 486. The Morgan fingerprint density at radius 3 is 2.30 bits per heavy atom. The number of hydrogen-bond donors (Lipinski definition) is 0. The maximum Gasteiger partial charge on any atom is 0.233 e. The summed E-state index contributed by atoms with van der Waals surface area (Å²) in [6.45, 7) is 1.25.